The predicted molar refractivity (Wildman–Crippen MR) is 508 cm³/mol. The number of carbonyl (C=O) groups is 5. The molecule has 0 fully saturated rings. The molecule has 0 radical (unpaired) electrons. The van der Waals surface area contributed by atoms with Gasteiger partial charge < -0.3 is 50.0 Å². The Morgan fingerprint density at radius 2 is 0.580 bits per heavy atom. The first-order chi connectivity index (χ1) is 70.6. The van der Waals surface area contributed by atoms with Crippen molar-refractivity contribution in [1.82, 2.24) is 39.1 Å². The number of amides is 5. The second kappa shape index (κ2) is 40.3. The number of anilines is 5. The fourth-order valence-electron chi connectivity index (χ4n) is 18.2. The molecule has 6 aliphatic rings. The number of alkyl halides is 15. The lowest BCUT2D eigenvalue weighted by atomic mass is 9.95. The van der Waals surface area contributed by atoms with Crippen molar-refractivity contribution >= 4 is 69.3 Å². The van der Waals surface area contributed by atoms with Gasteiger partial charge in [0, 0.05) is 140 Å². The van der Waals surface area contributed by atoms with Crippen molar-refractivity contribution in [2.24, 2.45) is 12.0 Å². The van der Waals surface area contributed by atoms with Crippen LogP contribution in [0, 0.1) is 29.1 Å². The van der Waals surface area contributed by atoms with Crippen LogP contribution in [0.15, 0.2) is 273 Å². The fourth-order valence-corrected chi connectivity index (χ4v) is 18.2. The van der Waals surface area contributed by atoms with Gasteiger partial charge in [0.1, 0.15) is 29.1 Å². The molecule has 4 aromatic heterocycles. The predicted octanol–water partition coefficient (Wildman–Crippen LogP) is 20.5. The lowest BCUT2D eigenvalue weighted by Gasteiger charge is -2.25. The van der Waals surface area contributed by atoms with Crippen molar-refractivity contribution in [2.45, 2.75) is 152 Å². The first-order valence-electron chi connectivity index (χ1n) is 45.9. The quantitative estimate of drug-likeness (QED) is 0.0471. The summed E-state index contributed by atoms with van der Waals surface area (Å²) in [7, 11) is 1.71. The van der Waals surface area contributed by atoms with Crippen LogP contribution in [0.2, 0.25) is 0 Å². The third kappa shape index (κ3) is 19.2. The molecule has 10 aromatic carbocycles. The summed E-state index contributed by atoms with van der Waals surface area (Å²) in [6.45, 7) is 9.28. The Labute approximate surface area is 839 Å². The Bertz CT molecular complexity index is 7660. The maximum atomic E-state index is 14.8. The number of hydrogen-bond acceptors (Lipinski definition) is 15. The first kappa shape index (κ1) is 107. The second-order valence-electron chi connectivity index (χ2n) is 35.9. The molecule has 14 aromatic rings. The van der Waals surface area contributed by atoms with Crippen molar-refractivity contribution in [3.8, 4) is 44.5 Å². The standard InChI is InChI=1S/2C22H19F4N3O2.C21H17F4N3O2.C21H16F4N2O2.C20H15F4N3O2/c1-13(2)29-12-16(10-27-29)14-7-8-15(18(23)9-14)11-28-19-6-4-3-5-17(19)21(31,20(28)30)22(24,25)26;1-2-9-28-12-16(11-27-28)14-7-8-15(18(23)10-14)13-29-19-6-4-3-5-17(19)21(31,20(29)30)22(24,25)26;1-2-27-11-15(10-26-27)13-7-8-14(17(22)9-13)12-28-18-6-4-3-5-16(18)20(30,19(28)29)21(23,24)25;1-12-15(8-9-26-12)13-6-7-14(17(22)10-13)11-27-18-5-3-2-4-16(18)20(29,19(27)28)21(23,24)25;1-26-10-14(9-25-26)12-6-7-13(16(21)8-12)11-27-17-5-3-2-4-15(17)19(29,18(27)28)20(22,23)24/h3-10,12-13,31H,11H2,1-2H3;3-8,10-12,31H,2,9,13H2,1H3;3-11,30H,2,12H2,1H3;2-8,10,29H,9,11H2,1H3;2-10,29H,11H2,1H3. The molecule has 24 nitrogen and oxygen atoms in total. The molecular formula is C106H86F20N14O10. The molecule has 150 heavy (non-hydrogen) atoms. The van der Waals surface area contributed by atoms with E-state index in [1.54, 1.807) is 106 Å². The number of para-hydroxylation sites is 5. The average Bonchev–Trinajstić information content (AvgIpc) is 1.58. The number of aryl methyl sites for hydroxylation is 3. The van der Waals surface area contributed by atoms with Crippen LogP contribution < -0.4 is 24.5 Å². The first-order valence-corrected chi connectivity index (χ1v) is 45.9. The number of benzene rings is 10. The van der Waals surface area contributed by atoms with Crippen LogP contribution >= 0.6 is 0 Å². The minimum atomic E-state index is -5.21. The van der Waals surface area contributed by atoms with Crippen molar-refractivity contribution in [3.05, 3.63) is 358 Å². The van der Waals surface area contributed by atoms with E-state index < -0.39 is 178 Å². The van der Waals surface area contributed by atoms with E-state index in [9.17, 15) is 137 Å². The smallest absolute Gasteiger partial charge is 0.368 e. The molecule has 0 spiro atoms. The topological polar surface area (TPSA) is 286 Å². The number of aliphatic imine (C=N–C) groups is 1. The summed E-state index contributed by atoms with van der Waals surface area (Å²) >= 11 is 0. The van der Waals surface area contributed by atoms with E-state index in [0.29, 0.717) is 63.2 Å². The lowest BCUT2D eigenvalue weighted by molar-refractivity contribution is -0.253. The lowest BCUT2D eigenvalue weighted by Crippen LogP contribution is -2.50. The van der Waals surface area contributed by atoms with Crippen molar-refractivity contribution in [3.63, 3.8) is 0 Å². The molecule has 6 aliphatic heterocycles. The molecule has 10 heterocycles. The number of aromatic nitrogens is 8. The summed E-state index contributed by atoms with van der Waals surface area (Å²) < 4.78 is 284. The molecule has 5 N–H and O–H groups in total. The van der Waals surface area contributed by atoms with Gasteiger partial charge in [-0.2, -0.15) is 86.3 Å². The molecule has 0 saturated carbocycles. The number of carbonyl (C=O) groups excluding carboxylic acids is 5. The third-order valence-electron chi connectivity index (χ3n) is 26.2. The van der Waals surface area contributed by atoms with E-state index >= 15 is 0 Å². The zero-order valence-electron chi connectivity index (χ0n) is 79.4. The van der Waals surface area contributed by atoms with Gasteiger partial charge in [-0.3, -0.25) is 47.7 Å². The molecule has 780 valence electrons. The number of halogens is 20. The molecule has 5 amide bonds. The molecule has 0 bridgehead atoms. The Balaban J connectivity index is 0.000000133. The van der Waals surface area contributed by atoms with E-state index in [2.05, 4.69) is 25.4 Å². The number of rotatable bonds is 19. The van der Waals surface area contributed by atoms with Crippen LogP contribution in [-0.2, 0) is 105 Å². The molecule has 0 saturated heterocycles. The van der Waals surface area contributed by atoms with Gasteiger partial charge in [-0.25, -0.2) is 22.0 Å². The highest BCUT2D eigenvalue weighted by Gasteiger charge is 2.71. The summed E-state index contributed by atoms with van der Waals surface area (Å²) in [5, 5.41) is 67.9. The second-order valence-corrected chi connectivity index (χ2v) is 35.9. The van der Waals surface area contributed by atoms with Gasteiger partial charge in [0.25, 0.3) is 57.5 Å². The summed E-state index contributed by atoms with van der Waals surface area (Å²) in [6, 6.07) is 47.0. The SMILES string of the molecule is CC(C)n1cc(-c2ccc(CN3C(=O)C(O)(C(F)(F)F)c4ccccc43)c(F)c2)cn1.CC1=NCC=C1c1ccc(CN2C(=O)C(O)(C(F)(F)F)c3ccccc32)c(F)c1.CCCn1cc(-c2ccc(CN3C(=O)C(O)(C(F)(F)F)c4ccccc43)c(F)c2)cn1.CCn1cc(-c2ccc(CN3C(=O)C(O)(C(F)(F)F)c4ccccc43)c(F)c2)cn1.Cn1cc(-c2ccc(CN3C(=O)C(O)(C(F)(F)F)c4ccccc43)c(F)c2)cn1. The van der Waals surface area contributed by atoms with Gasteiger partial charge in [0.05, 0.1) is 92.5 Å². The van der Waals surface area contributed by atoms with Crippen LogP contribution in [-0.4, -0.2) is 137 Å². The van der Waals surface area contributed by atoms with Crippen LogP contribution in [0.25, 0.3) is 50.1 Å². The number of fused-ring (bicyclic) bond motifs is 5. The minimum Gasteiger partial charge on any atom is -0.368 e. The van der Waals surface area contributed by atoms with Crippen LogP contribution in [0.1, 0.15) is 108 Å². The van der Waals surface area contributed by atoms with Crippen LogP contribution in [0.4, 0.5) is 116 Å². The number of aliphatic hydroxyl groups is 5. The van der Waals surface area contributed by atoms with Gasteiger partial charge in [-0.1, -0.05) is 165 Å². The normalized spacial score (nSPS) is 19.2. The molecular weight excluding hydrogens is 2010 g/mol. The Hall–Kier alpha value is -15.8. The third-order valence-corrected chi connectivity index (χ3v) is 26.2. The van der Waals surface area contributed by atoms with Crippen LogP contribution in [0.3, 0.4) is 0 Å². The molecule has 44 heteroatoms. The number of allylic oxidation sites excluding steroid dienone is 1. The maximum Gasteiger partial charge on any atom is 0.430 e. The largest absolute Gasteiger partial charge is 0.430 e. The van der Waals surface area contributed by atoms with E-state index in [1.807, 2.05) is 40.7 Å². The monoisotopic (exact) mass is 2090 g/mol. The highest BCUT2D eigenvalue weighted by atomic mass is 19.4. The van der Waals surface area contributed by atoms with Crippen molar-refractivity contribution in [2.75, 3.05) is 31.0 Å². The highest BCUT2D eigenvalue weighted by molar-refractivity contribution is 6.24. The fraction of sp³-hybridized carbons (Fsp3) is 0.245. The number of hydrogen-bond donors (Lipinski definition) is 5. The van der Waals surface area contributed by atoms with E-state index in [4.69, 9.17) is 0 Å². The van der Waals surface area contributed by atoms with E-state index in [0.717, 1.165) is 79.1 Å². The molecule has 5 unspecified atom stereocenters. The maximum absolute atomic E-state index is 14.8. The van der Waals surface area contributed by atoms with Crippen molar-refractivity contribution in [1.29, 1.82) is 0 Å². The van der Waals surface area contributed by atoms with Gasteiger partial charge in [-0.05, 0) is 123 Å². The zero-order valence-corrected chi connectivity index (χ0v) is 79.4. The Morgan fingerprint density at radius 3 is 0.820 bits per heavy atom. The van der Waals surface area contributed by atoms with Gasteiger partial charge >= 0.3 is 30.9 Å². The molecule has 5 atom stereocenters. The summed E-state index contributed by atoms with van der Waals surface area (Å²) in [5.41, 5.74) is -14.3. The highest BCUT2D eigenvalue weighted by Crippen LogP contribution is 2.56. The number of nitrogens with zero attached hydrogens (tertiary/aromatic N) is 14. The van der Waals surface area contributed by atoms with Gasteiger partial charge in [0.2, 0.25) is 0 Å². The van der Waals surface area contributed by atoms with Gasteiger partial charge in [-0.15, -0.1) is 0 Å². The zero-order chi connectivity index (χ0) is 109. The molecule has 0 aliphatic carbocycles. The van der Waals surface area contributed by atoms with E-state index in [1.165, 1.54) is 152 Å². The van der Waals surface area contributed by atoms with Crippen molar-refractivity contribution < 1.29 is 137 Å². The average molecular weight is 2100 g/mol. The molecule has 20 rings (SSSR count). The van der Waals surface area contributed by atoms with Gasteiger partial charge in [0.15, 0.2) is 0 Å². The van der Waals surface area contributed by atoms with Crippen LogP contribution in [0.5, 0.6) is 0 Å². The summed E-state index contributed by atoms with van der Waals surface area (Å²) in [6.07, 6.45) is -9.98. The minimum absolute atomic E-state index is 0.0206. The summed E-state index contributed by atoms with van der Waals surface area (Å²) in [5.74, 6) is -11.1. The van der Waals surface area contributed by atoms with E-state index in [-0.39, 0.29) is 62.3 Å². The summed E-state index contributed by atoms with van der Waals surface area (Å²) in [4.78, 5) is 71.0. The Kier molecular flexibility index (Phi) is 28.8. The Morgan fingerprint density at radius 1 is 0.327 bits per heavy atom.